The molecule has 0 fully saturated rings. The Morgan fingerprint density at radius 3 is 2.50 bits per heavy atom. The molecule has 0 unspecified atom stereocenters. The van der Waals surface area contributed by atoms with Crippen LogP contribution in [0.15, 0.2) is 18.2 Å². The number of amides is 1. The first kappa shape index (κ1) is 13.1. The van der Waals surface area contributed by atoms with E-state index in [0.717, 1.165) is 12.1 Å². The average Bonchev–Trinajstić information content (AvgIpc) is 2.16. The SMILES string of the molecule is NC(=O)c1cc(C(F)(F)F)ccc1OCI. The first-order valence-corrected chi connectivity index (χ1v) is 5.58. The number of halogens is 4. The second-order valence-electron chi connectivity index (χ2n) is 2.83. The predicted octanol–water partition coefficient (Wildman–Crippen LogP) is 2.58. The van der Waals surface area contributed by atoms with Crippen LogP contribution in [0.3, 0.4) is 0 Å². The number of carbonyl (C=O) groups excluding carboxylic acids is 1. The van der Waals surface area contributed by atoms with Gasteiger partial charge in [0.15, 0.2) is 0 Å². The van der Waals surface area contributed by atoms with Crippen molar-refractivity contribution < 1.29 is 22.7 Å². The highest BCUT2D eigenvalue weighted by molar-refractivity contribution is 14.1. The lowest BCUT2D eigenvalue weighted by Gasteiger charge is -2.11. The van der Waals surface area contributed by atoms with E-state index < -0.39 is 17.6 Å². The molecule has 0 aliphatic carbocycles. The Kier molecular flexibility index (Phi) is 4.00. The molecule has 7 heteroatoms. The van der Waals surface area contributed by atoms with Crippen LogP contribution in [0, 0.1) is 0 Å². The van der Waals surface area contributed by atoms with Crippen LogP contribution in [-0.4, -0.2) is 10.5 Å². The minimum Gasteiger partial charge on any atom is -0.483 e. The monoisotopic (exact) mass is 345 g/mol. The van der Waals surface area contributed by atoms with E-state index in [4.69, 9.17) is 10.5 Å². The molecule has 1 aromatic rings. The summed E-state index contributed by atoms with van der Waals surface area (Å²) < 4.78 is 42.3. The zero-order valence-corrected chi connectivity index (χ0v) is 10.0. The van der Waals surface area contributed by atoms with Gasteiger partial charge in [-0.1, -0.05) is 0 Å². The van der Waals surface area contributed by atoms with E-state index in [1.165, 1.54) is 0 Å². The van der Waals surface area contributed by atoms with Gasteiger partial charge in [0.1, 0.15) is 10.4 Å². The number of ether oxygens (including phenoxy) is 1. The molecule has 0 heterocycles. The third-order valence-corrected chi connectivity index (χ3v) is 2.09. The van der Waals surface area contributed by atoms with Crippen molar-refractivity contribution in [1.29, 1.82) is 0 Å². The summed E-state index contributed by atoms with van der Waals surface area (Å²) in [4.78, 5) is 10.9. The summed E-state index contributed by atoms with van der Waals surface area (Å²) in [5, 5.41) is 0. The maximum Gasteiger partial charge on any atom is 0.416 e. The molecular weight excluding hydrogens is 338 g/mol. The zero-order chi connectivity index (χ0) is 12.3. The lowest BCUT2D eigenvalue weighted by atomic mass is 10.1. The molecule has 0 atom stereocenters. The van der Waals surface area contributed by atoms with Crippen LogP contribution in [0.5, 0.6) is 5.75 Å². The fourth-order valence-electron chi connectivity index (χ4n) is 1.08. The summed E-state index contributed by atoms with van der Waals surface area (Å²) in [7, 11) is 0. The third kappa shape index (κ3) is 3.00. The van der Waals surface area contributed by atoms with Gasteiger partial charge in [-0.3, -0.25) is 4.79 Å². The van der Waals surface area contributed by atoms with Crippen molar-refractivity contribution in [3.05, 3.63) is 29.3 Å². The maximum absolute atomic E-state index is 12.4. The quantitative estimate of drug-likeness (QED) is 0.676. The van der Waals surface area contributed by atoms with Crippen LogP contribution < -0.4 is 10.5 Å². The van der Waals surface area contributed by atoms with Crippen molar-refractivity contribution in [2.45, 2.75) is 6.18 Å². The molecule has 0 bridgehead atoms. The van der Waals surface area contributed by atoms with Crippen molar-refractivity contribution in [2.24, 2.45) is 5.73 Å². The Hall–Kier alpha value is -0.990. The Morgan fingerprint density at radius 1 is 1.44 bits per heavy atom. The standard InChI is InChI=1S/C9H7F3INO2/c10-9(11,12)5-1-2-7(16-4-13)6(3-5)8(14)15/h1-3H,4H2,(H2,14,15). The van der Waals surface area contributed by atoms with E-state index in [9.17, 15) is 18.0 Å². The zero-order valence-electron chi connectivity index (χ0n) is 7.84. The highest BCUT2D eigenvalue weighted by Gasteiger charge is 2.31. The molecule has 1 amide bonds. The number of nitrogens with two attached hydrogens (primary N) is 1. The van der Waals surface area contributed by atoms with Crippen LogP contribution in [0.1, 0.15) is 15.9 Å². The van der Waals surface area contributed by atoms with Crippen molar-refractivity contribution in [2.75, 3.05) is 4.61 Å². The van der Waals surface area contributed by atoms with Gasteiger partial charge >= 0.3 is 6.18 Å². The molecule has 1 aromatic carbocycles. The molecular formula is C9H7F3INO2. The van der Waals surface area contributed by atoms with E-state index in [1.807, 2.05) is 22.6 Å². The van der Waals surface area contributed by atoms with Crippen LogP contribution in [0.2, 0.25) is 0 Å². The minimum absolute atomic E-state index is 0.0508. The van der Waals surface area contributed by atoms with Gasteiger partial charge in [0.2, 0.25) is 0 Å². The van der Waals surface area contributed by atoms with E-state index in [2.05, 4.69) is 0 Å². The molecule has 2 N–H and O–H groups in total. The topological polar surface area (TPSA) is 52.3 Å². The molecule has 88 valence electrons. The van der Waals surface area contributed by atoms with Gasteiger partial charge in [-0.25, -0.2) is 0 Å². The molecule has 0 saturated heterocycles. The smallest absolute Gasteiger partial charge is 0.416 e. The summed E-state index contributed by atoms with van der Waals surface area (Å²) in [6.07, 6.45) is -4.51. The van der Waals surface area contributed by atoms with E-state index in [1.54, 1.807) is 0 Å². The second-order valence-corrected chi connectivity index (χ2v) is 3.45. The predicted molar refractivity (Wildman–Crippen MR) is 59.5 cm³/mol. The molecule has 3 nitrogen and oxygen atoms in total. The Labute approximate surface area is 103 Å². The van der Waals surface area contributed by atoms with Crippen LogP contribution in [0.4, 0.5) is 13.2 Å². The summed E-state index contributed by atoms with van der Waals surface area (Å²) >= 11 is 1.86. The lowest BCUT2D eigenvalue weighted by Crippen LogP contribution is -2.15. The summed E-state index contributed by atoms with van der Waals surface area (Å²) in [5.41, 5.74) is 3.77. The summed E-state index contributed by atoms with van der Waals surface area (Å²) in [5.74, 6) is -0.902. The van der Waals surface area contributed by atoms with Crippen molar-refractivity contribution in [3.63, 3.8) is 0 Å². The molecule has 0 spiro atoms. The lowest BCUT2D eigenvalue weighted by molar-refractivity contribution is -0.137. The first-order chi connectivity index (χ1) is 7.36. The number of carbonyl (C=O) groups is 1. The maximum atomic E-state index is 12.4. The van der Waals surface area contributed by atoms with Gasteiger partial charge in [-0.2, -0.15) is 13.2 Å². The van der Waals surface area contributed by atoms with E-state index in [0.29, 0.717) is 6.07 Å². The van der Waals surface area contributed by atoms with Crippen LogP contribution in [-0.2, 0) is 6.18 Å². The largest absolute Gasteiger partial charge is 0.483 e. The van der Waals surface area contributed by atoms with Gasteiger partial charge in [-0.05, 0) is 40.8 Å². The number of primary amides is 1. The summed E-state index contributed by atoms with van der Waals surface area (Å²) in [6, 6.07) is 2.61. The van der Waals surface area contributed by atoms with E-state index >= 15 is 0 Å². The molecule has 0 aromatic heterocycles. The minimum atomic E-state index is -4.51. The normalized spacial score (nSPS) is 11.2. The highest BCUT2D eigenvalue weighted by Crippen LogP contribution is 2.32. The van der Waals surface area contributed by atoms with Gasteiger partial charge in [0, 0.05) is 0 Å². The number of hydrogen-bond acceptors (Lipinski definition) is 2. The highest BCUT2D eigenvalue weighted by atomic mass is 127. The molecule has 0 aliphatic rings. The molecule has 0 radical (unpaired) electrons. The van der Waals surface area contributed by atoms with Crippen LogP contribution in [0.25, 0.3) is 0 Å². The van der Waals surface area contributed by atoms with Crippen molar-refractivity contribution in [3.8, 4) is 5.75 Å². The Morgan fingerprint density at radius 2 is 2.06 bits per heavy atom. The number of hydrogen-bond donors (Lipinski definition) is 1. The third-order valence-electron chi connectivity index (χ3n) is 1.78. The number of benzene rings is 1. The van der Waals surface area contributed by atoms with Gasteiger partial charge < -0.3 is 10.5 Å². The average molecular weight is 345 g/mol. The fourth-order valence-corrected chi connectivity index (χ4v) is 1.42. The number of rotatable bonds is 3. The fraction of sp³-hybridized carbons (Fsp3) is 0.222. The molecule has 1 rings (SSSR count). The Balaban J connectivity index is 3.23. The van der Waals surface area contributed by atoms with E-state index in [-0.39, 0.29) is 15.9 Å². The van der Waals surface area contributed by atoms with Crippen LogP contribution >= 0.6 is 22.6 Å². The first-order valence-electron chi connectivity index (χ1n) is 4.06. The van der Waals surface area contributed by atoms with Gasteiger partial charge in [-0.15, -0.1) is 0 Å². The van der Waals surface area contributed by atoms with Crippen molar-refractivity contribution >= 4 is 28.5 Å². The molecule has 0 aliphatic heterocycles. The Bertz CT molecular complexity index is 406. The second kappa shape index (κ2) is 4.89. The van der Waals surface area contributed by atoms with Gasteiger partial charge in [0.05, 0.1) is 11.1 Å². The summed E-state index contributed by atoms with van der Waals surface area (Å²) in [6.45, 7) is 0. The van der Waals surface area contributed by atoms with Gasteiger partial charge in [0.25, 0.3) is 5.91 Å². The molecule has 16 heavy (non-hydrogen) atoms. The number of alkyl halides is 4. The molecule has 0 saturated carbocycles. The van der Waals surface area contributed by atoms with Crippen molar-refractivity contribution in [1.82, 2.24) is 0 Å².